The van der Waals surface area contributed by atoms with Gasteiger partial charge >= 0.3 is 5.97 Å². The number of anilines is 1. The van der Waals surface area contributed by atoms with E-state index in [2.05, 4.69) is 6.58 Å². The molecule has 3 heteroatoms. The Balaban J connectivity index is 2.93. The minimum atomic E-state index is -0.841. The molecule has 0 unspecified atom stereocenters. The number of carbonyl (C=O) groups is 1. The first-order valence-electron chi connectivity index (χ1n) is 4.29. The third-order valence-electron chi connectivity index (χ3n) is 1.94. The van der Waals surface area contributed by atoms with Crippen molar-refractivity contribution in [3.63, 3.8) is 0 Å². The molecule has 0 bridgehead atoms. The van der Waals surface area contributed by atoms with Crippen molar-refractivity contribution in [2.45, 2.75) is 0 Å². The Kier molecular flexibility index (Phi) is 3.29. The normalized spacial score (nSPS) is 9.50. The van der Waals surface area contributed by atoms with E-state index in [-0.39, 0.29) is 6.54 Å². The van der Waals surface area contributed by atoms with Crippen LogP contribution in [-0.2, 0) is 4.79 Å². The molecule has 0 aromatic heterocycles. The number of likely N-dealkylation sites (N-methyl/N-ethyl adjacent to an activating group) is 1. The van der Waals surface area contributed by atoms with E-state index < -0.39 is 5.97 Å². The monoisotopic (exact) mass is 191 g/mol. The highest BCUT2D eigenvalue weighted by Crippen LogP contribution is 2.19. The van der Waals surface area contributed by atoms with Crippen molar-refractivity contribution in [3.05, 3.63) is 36.4 Å². The van der Waals surface area contributed by atoms with Crippen LogP contribution in [0.5, 0.6) is 0 Å². The standard InChI is InChI=1S/C11H13NO2/c1-3-9-6-4-5-7-10(9)12(2)8-11(13)14/h3-7H,1,8H2,2H3,(H,13,14). The third kappa shape index (κ3) is 2.36. The molecule has 0 spiro atoms. The van der Waals surface area contributed by atoms with Gasteiger partial charge in [-0.2, -0.15) is 0 Å². The Morgan fingerprint density at radius 2 is 2.21 bits per heavy atom. The van der Waals surface area contributed by atoms with Gasteiger partial charge in [0.05, 0.1) is 0 Å². The van der Waals surface area contributed by atoms with Gasteiger partial charge in [-0.3, -0.25) is 4.79 Å². The number of hydrogen-bond acceptors (Lipinski definition) is 2. The highest BCUT2D eigenvalue weighted by Gasteiger charge is 2.07. The van der Waals surface area contributed by atoms with Crippen LogP contribution in [0.4, 0.5) is 5.69 Å². The summed E-state index contributed by atoms with van der Waals surface area (Å²) in [5.41, 5.74) is 1.82. The van der Waals surface area contributed by atoms with E-state index >= 15 is 0 Å². The van der Waals surface area contributed by atoms with E-state index in [0.717, 1.165) is 11.3 Å². The number of hydrogen-bond donors (Lipinski definition) is 1. The average molecular weight is 191 g/mol. The molecule has 0 fully saturated rings. The van der Waals surface area contributed by atoms with Gasteiger partial charge in [-0.25, -0.2) is 0 Å². The molecule has 74 valence electrons. The molecule has 0 atom stereocenters. The zero-order valence-corrected chi connectivity index (χ0v) is 8.10. The number of para-hydroxylation sites is 1. The van der Waals surface area contributed by atoms with Crippen molar-refractivity contribution < 1.29 is 9.90 Å². The van der Waals surface area contributed by atoms with Crippen LogP contribution < -0.4 is 4.90 Å². The highest BCUT2D eigenvalue weighted by atomic mass is 16.4. The predicted molar refractivity (Wildman–Crippen MR) is 57.4 cm³/mol. The zero-order valence-electron chi connectivity index (χ0n) is 8.10. The largest absolute Gasteiger partial charge is 0.480 e. The van der Waals surface area contributed by atoms with Crippen LogP contribution >= 0.6 is 0 Å². The maximum Gasteiger partial charge on any atom is 0.323 e. The molecule has 0 amide bonds. The Labute approximate surface area is 83.3 Å². The predicted octanol–water partition coefficient (Wildman–Crippen LogP) is 1.85. The second-order valence-electron chi connectivity index (χ2n) is 3.01. The van der Waals surface area contributed by atoms with Crippen LogP contribution in [-0.4, -0.2) is 24.7 Å². The number of rotatable bonds is 4. The molecule has 14 heavy (non-hydrogen) atoms. The molecule has 0 aliphatic rings. The first-order chi connectivity index (χ1) is 6.65. The van der Waals surface area contributed by atoms with E-state index in [1.807, 2.05) is 24.3 Å². The first-order valence-corrected chi connectivity index (χ1v) is 4.29. The third-order valence-corrected chi connectivity index (χ3v) is 1.94. The van der Waals surface area contributed by atoms with E-state index in [4.69, 9.17) is 5.11 Å². The van der Waals surface area contributed by atoms with Gasteiger partial charge in [0.2, 0.25) is 0 Å². The quantitative estimate of drug-likeness (QED) is 0.789. The lowest BCUT2D eigenvalue weighted by Gasteiger charge is -2.18. The molecule has 0 heterocycles. The summed E-state index contributed by atoms with van der Waals surface area (Å²) >= 11 is 0. The minimum absolute atomic E-state index is 0.00907. The average Bonchev–Trinajstić information content (AvgIpc) is 2.16. The molecule has 0 saturated heterocycles. The summed E-state index contributed by atoms with van der Waals surface area (Å²) in [6, 6.07) is 7.55. The Bertz CT molecular complexity index is 347. The lowest BCUT2D eigenvalue weighted by Crippen LogP contribution is -2.25. The van der Waals surface area contributed by atoms with Gasteiger partial charge in [-0.15, -0.1) is 0 Å². The second-order valence-corrected chi connectivity index (χ2v) is 3.01. The SMILES string of the molecule is C=Cc1ccccc1N(C)CC(=O)O. The summed E-state index contributed by atoms with van der Waals surface area (Å²) in [6.45, 7) is 3.67. The zero-order chi connectivity index (χ0) is 10.6. The van der Waals surface area contributed by atoms with Crippen molar-refractivity contribution in [1.82, 2.24) is 0 Å². The highest BCUT2D eigenvalue weighted by molar-refractivity contribution is 5.76. The molecule has 0 aliphatic heterocycles. The van der Waals surface area contributed by atoms with E-state index in [9.17, 15) is 4.79 Å². The Hall–Kier alpha value is -1.77. The molecule has 0 saturated carbocycles. The lowest BCUT2D eigenvalue weighted by molar-refractivity contribution is -0.135. The number of aliphatic carboxylic acids is 1. The van der Waals surface area contributed by atoms with Crippen LogP contribution in [0.3, 0.4) is 0 Å². The molecular weight excluding hydrogens is 178 g/mol. The summed E-state index contributed by atoms with van der Waals surface area (Å²) in [5, 5.41) is 8.64. The summed E-state index contributed by atoms with van der Waals surface area (Å²) < 4.78 is 0. The fourth-order valence-corrected chi connectivity index (χ4v) is 1.30. The molecular formula is C11H13NO2. The Morgan fingerprint density at radius 3 is 2.79 bits per heavy atom. The smallest absolute Gasteiger partial charge is 0.323 e. The van der Waals surface area contributed by atoms with E-state index in [1.165, 1.54) is 0 Å². The molecule has 3 nitrogen and oxygen atoms in total. The van der Waals surface area contributed by atoms with Gasteiger partial charge in [0.1, 0.15) is 6.54 Å². The van der Waals surface area contributed by atoms with Crippen molar-refractivity contribution >= 4 is 17.7 Å². The van der Waals surface area contributed by atoms with Gasteiger partial charge < -0.3 is 10.0 Å². The molecule has 0 aliphatic carbocycles. The van der Waals surface area contributed by atoms with Crippen molar-refractivity contribution in [1.29, 1.82) is 0 Å². The summed E-state index contributed by atoms with van der Waals surface area (Å²) in [6.07, 6.45) is 1.72. The molecule has 1 aromatic rings. The number of benzene rings is 1. The summed E-state index contributed by atoms with van der Waals surface area (Å²) in [5.74, 6) is -0.841. The van der Waals surface area contributed by atoms with Gasteiger partial charge in [-0.05, 0) is 11.6 Å². The first kappa shape index (κ1) is 10.3. The molecule has 1 rings (SSSR count). The molecule has 1 aromatic carbocycles. The lowest BCUT2D eigenvalue weighted by atomic mass is 10.1. The summed E-state index contributed by atoms with van der Waals surface area (Å²) in [4.78, 5) is 12.2. The minimum Gasteiger partial charge on any atom is -0.480 e. The number of carboxylic acids is 1. The van der Waals surface area contributed by atoms with E-state index in [0.29, 0.717) is 0 Å². The number of carboxylic acid groups (broad SMARTS) is 1. The topological polar surface area (TPSA) is 40.5 Å². The molecule has 1 N–H and O–H groups in total. The van der Waals surface area contributed by atoms with Crippen LogP contribution in [0.1, 0.15) is 5.56 Å². The van der Waals surface area contributed by atoms with Crippen molar-refractivity contribution in [3.8, 4) is 0 Å². The van der Waals surface area contributed by atoms with Crippen LogP contribution in [0.15, 0.2) is 30.8 Å². The van der Waals surface area contributed by atoms with Crippen LogP contribution in [0.2, 0.25) is 0 Å². The number of nitrogens with zero attached hydrogens (tertiary/aromatic N) is 1. The second kappa shape index (κ2) is 4.46. The fourth-order valence-electron chi connectivity index (χ4n) is 1.30. The summed E-state index contributed by atoms with van der Waals surface area (Å²) in [7, 11) is 1.75. The van der Waals surface area contributed by atoms with Gasteiger partial charge in [0.25, 0.3) is 0 Å². The Morgan fingerprint density at radius 1 is 1.57 bits per heavy atom. The van der Waals surface area contributed by atoms with Crippen LogP contribution in [0.25, 0.3) is 6.08 Å². The van der Waals surface area contributed by atoms with Gasteiger partial charge in [-0.1, -0.05) is 30.9 Å². The van der Waals surface area contributed by atoms with Crippen LogP contribution in [0, 0.1) is 0 Å². The van der Waals surface area contributed by atoms with E-state index in [1.54, 1.807) is 18.0 Å². The van der Waals surface area contributed by atoms with Gasteiger partial charge in [0, 0.05) is 12.7 Å². The maximum atomic E-state index is 10.5. The molecule has 0 radical (unpaired) electrons. The van der Waals surface area contributed by atoms with Gasteiger partial charge in [0.15, 0.2) is 0 Å². The van der Waals surface area contributed by atoms with Crippen molar-refractivity contribution in [2.75, 3.05) is 18.5 Å². The fraction of sp³-hybridized carbons (Fsp3) is 0.182. The van der Waals surface area contributed by atoms with Crippen molar-refractivity contribution in [2.24, 2.45) is 0 Å². The maximum absolute atomic E-state index is 10.5.